The number of H-pyrrole nitrogens is 1. The maximum Gasteiger partial charge on any atom is 0.217 e. The highest BCUT2D eigenvalue weighted by molar-refractivity contribution is 5.86. The summed E-state index contributed by atoms with van der Waals surface area (Å²) in [6.07, 6.45) is 2.13. The van der Waals surface area contributed by atoms with Crippen molar-refractivity contribution in [1.82, 2.24) is 10.3 Å². The van der Waals surface area contributed by atoms with Crippen LogP contribution in [0.25, 0.3) is 22.0 Å². The molecule has 0 unspecified atom stereocenters. The van der Waals surface area contributed by atoms with Crippen LogP contribution in [0.5, 0.6) is 17.2 Å². The molecule has 3 aromatic carbocycles. The molecule has 1 aliphatic heterocycles. The van der Waals surface area contributed by atoms with Crippen molar-refractivity contribution >= 4 is 22.5 Å². The van der Waals surface area contributed by atoms with E-state index >= 15 is 0 Å². The standard InChI is InChI=1S/C32H33N3O5/c1-18(36)33-25-11-9-19-15-29(38-2)31(39-3)32(40-4)30(19)22-10-12-27(28(37)16-23(22)25)35-14-13-21-20-7-5-6-8-24(20)34-26(21)17-35/h5-8,10,12,15-16,25,34H,9,11,13-14,17H2,1-4H3,(H,33,36)/t25-/m0/s1. The number of amides is 1. The Morgan fingerprint density at radius 2 is 1.80 bits per heavy atom. The van der Waals surface area contributed by atoms with E-state index in [-0.39, 0.29) is 17.4 Å². The molecule has 2 heterocycles. The molecule has 0 radical (unpaired) electrons. The number of nitrogens with one attached hydrogen (secondary N) is 2. The van der Waals surface area contributed by atoms with Gasteiger partial charge in [-0.25, -0.2) is 0 Å². The fraction of sp³-hybridized carbons (Fsp3) is 0.312. The zero-order chi connectivity index (χ0) is 28.0. The molecule has 0 fully saturated rings. The van der Waals surface area contributed by atoms with Crippen LogP contribution in [-0.4, -0.2) is 38.8 Å². The first-order valence-electron chi connectivity index (χ1n) is 13.5. The number of carbonyl (C=O) groups excluding carboxylic acids is 1. The third kappa shape index (κ3) is 4.24. The molecule has 0 saturated carbocycles. The molecule has 4 aromatic rings. The number of aromatic nitrogens is 1. The van der Waals surface area contributed by atoms with Crippen molar-refractivity contribution in [3.8, 4) is 28.4 Å². The number of hydrogen-bond donors (Lipinski definition) is 2. The number of ether oxygens (including phenoxy) is 3. The van der Waals surface area contributed by atoms with Crippen LogP contribution in [0, 0.1) is 0 Å². The number of carbonyl (C=O) groups is 1. The van der Waals surface area contributed by atoms with Gasteiger partial charge in [-0.15, -0.1) is 0 Å². The van der Waals surface area contributed by atoms with Gasteiger partial charge < -0.3 is 29.4 Å². The van der Waals surface area contributed by atoms with Gasteiger partial charge in [0.15, 0.2) is 11.5 Å². The van der Waals surface area contributed by atoms with E-state index in [4.69, 9.17) is 14.2 Å². The molecule has 6 rings (SSSR count). The smallest absolute Gasteiger partial charge is 0.217 e. The number of benzene rings is 2. The van der Waals surface area contributed by atoms with Gasteiger partial charge in [-0.3, -0.25) is 9.59 Å². The van der Waals surface area contributed by atoms with Crippen molar-refractivity contribution in [2.24, 2.45) is 0 Å². The Hall–Kier alpha value is -4.46. The van der Waals surface area contributed by atoms with Crippen LogP contribution in [0.3, 0.4) is 0 Å². The molecule has 1 aromatic heterocycles. The number of para-hydroxylation sites is 1. The van der Waals surface area contributed by atoms with Gasteiger partial charge in [-0.1, -0.05) is 24.3 Å². The van der Waals surface area contributed by atoms with Crippen molar-refractivity contribution < 1.29 is 19.0 Å². The van der Waals surface area contributed by atoms with Gasteiger partial charge in [0.1, 0.15) is 0 Å². The number of anilines is 1. The summed E-state index contributed by atoms with van der Waals surface area (Å²) in [5.41, 5.74) is 7.56. The largest absolute Gasteiger partial charge is 0.493 e. The number of aryl methyl sites for hydroxylation is 1. The molecule has 2 N–H and O–H groups in total. The Morgan fingerprint density at radius 1 is 1.00 bits per heavy atom. The van der Waals surface area contributed by atoms with Crippen molar-refractivity contribution in [2.45, 2.75) is 38.8 Å². The summed E-state index contributed by atoms with van der Waals surface area (Å²) in [6, 6.07) is 15.5. The Morgan fingerprint density at radius 3 is 2.55 bits per heavy atom. The van der Waals surface area contributed by atoms with Crippen LogP contribution < -0.4 is 29.9 Å². The van der Waals surface area contributed by atoms with E-state index in [2.05, 4.69) is 33.4 Å². The number of hydrogen-bond acceptors (Lipinski definition) is 6. The van der Waals surface area contributed by atoms with E-state index in [1.807, 2.05) is 24.3 Å². The van der Waals surface area contributed by atoms with Gasteiger partial charge in [0, 0.05) is 35.6 Å². The van der Waals surface area contributed by atoms with E-state index in [1.54, 1.807) is 27.4 Å². The molecule has 1 amide bonds. The second kappa shape index (κ2) is 10.3. The SMILES string of the molecule is COc1cc2c(c(OC)c1OC)-c1ccc(N3CCc4c([nH]c5ccccc45)C3)c(=O)cc1[C@@H](NC(C)=O)CC2. The monoisotopic (exact) mass is 539 g/mol. The van der Waals surface area contributed by atoms with Gasteiger partial charge in [0.25, 0.3) is 0 Å². The minimum Gasteiger partial charge on any atom is -0.493 e. The van der Waals surface area contributed by atoms with Crippen LogP contribution in [0.2, 0.25) is 0 Å². The highest BCUT2D eigenvalue weighted by atomic mass is 16.5. The minimum atomic E-state index is -0.337. The van der Waals surface area contributed by atoms with Crippen LogP contribution in [0.1, 0.15) is 41.8 Å². The van der Waals surface area contributed by atoms with Crippen molar-refractivity contribution in [2.75, 3.05) is 32.8 Å². The number of nitrogens with zero attached hydrogens (tertiary/aromatic N) is 1. The minimum absolute atomic E-state index is 0.0842. The maximum atomic E-state index is 13.9. The molecule has 0 bridgehead atoms. The lowest BCUT2D eigenvalue weighted by Crippen LogP contribution is -2.33. The lowest BCUT2D eigenvalue weighted by Gasteiger charge is -2.28. The molecule has 2 aliphatic rings. The lowest BCUT2D eigenvalue weighted by atomic mass is 9.95. The van der Waals surface area contributed by atoms with Crippen molar-refractivity contribution in [3.05, 3.63) is 81.1 Å². The highest BCUT2D eigenvalue weighted by Gasteiger charge is 2.30. The van der Waals surface area contributed by atoms with Gasteiger partial charge in [-0.2, -0.15) is 0 Å². The number of rotatable bonds is 5. The van der Waals surface area contributed by atoms with Crippen molar-refractivity contribution in [3.63, 3.8) is 0 Å². The second-order valence-electron chi connectivity index (χ2n) is 10.4. The average Bonchev–Trinajstić information content (AvgIpc) is 3.16. The zero-order valence-corrected chi connectivity index (χ0v) is 23.2. The summed E-state index contributed by atoms with van der Waals surface area (Å²) < 4.78 is 17.2. The third-order valence-electron chi connectivity index (χ3n) is 8.12. The Labute approximate surface area is 232 Å². The molecular weight excluding hydrogens is 506 g/mol. The predicted molar refractivity (Wildman–Crippen MR) is 156 cm³/mol. The lowest BCUT2D eigenvalue weighted by molar-refractivity contribution is -0.119. The number of fused-ring (bicyclic) bond motifs is 6. The van der Waals surface area contributed by atoms with Crippen LogP contribution >= 0.6 is 0 Å². The normalized spacial score (nSPS) is 15.9. The molecule has 206 valence electrons. The number of methoxy groups -OCH3 is 3. The van der Waals surface area contributed by atoms with Crippen LogP contribution in [0.4, 0.5) is 5.69 Å². The van der Waals surface area contributed by atoms with E-state index in [1.165, 1.54) is 17.9 Å². The average molecular weight is 540 g/mol. The molecule has 0 saturated heterocycles. The van der Waals surface area contributed by atoms with Gasteiger partial charge in [-0.05, 0) is 65.8 Å². The predicted octanol–water partition coefficient (Wildman–Crippen LogP) is 4.91. The fourth-order valence-electron chi connectivity index (χ4n) is 6.36. The molecule has 8 nitrogen and oxygen atoms in total. The summed E-state index contributed by atoms with van der Waals surface area (Å²) in [5, 5.41) is 4.32. The molecular formula is C32H33N3O5. The highest BCUT2D eigenvalue weighted by Crippen LogP contribution is 2.50. The van der Waals surface area contributed by atoms with Crippen molar-refractivity contribution in [1.29, 1.82) is 0 Å². The summed E-state index contributed by atoms with van der Waals surface area (Å²) in [7, 11) is 4.78. The third-order valence-corrected chi connectivity index (χ3v) is 8.12. The van der Waals surface area contributed by atoms with Crippen LogP contribution in [0.15, 0.2) is 53.3 Å². The molecule has 0 spiro atoms. The fourth-order valence-corrected chi connectivity index (χ4v) is 6.36. The molecule has 40 heavy (non-hydrogen) atoms. The van der Waals surface area contributed by atoms with Gasteiger partial charge in [0.2, 0.25) is 17.1 Å². The van der Waals surface area contributed by atoms with E-state index in [0.29, 0.717) is 42.3 Å². The number of aromatic amines is 1. The molecule has 8 heteroatoms. The van der Waals surface area contributed by atoms with Crippen LogP contribution in [-0.2, 0) is 24.2 Å². The van der Waals surface area contributed by atoms with E-state index in [9.17, 15) is 9.59 Å². The zero-order valence-electron chi connectivity index (χ0n) is 23.2. The maximum absolute atomic E-state index is 13.9. The quantitative estimate of drug-likeness (QED) is 0.375. The topological polar surface area (TPSA) is 92.9 Å². The first-order chi connectivity index (χ1) is 19.4. The first-order valence-corrected chi connectivity index (χ1v) is 13.5. The summed E-state index contributed by atoms with van der Waals surface area (Å²) >= 11 is 0. The first kappa shape index (κ1) is 25.8. The van der Waals surface area contributed by atoms with E-state index in [0.717, 1.165) is 46.4 Å². The molecule has 1 atom stereocenters. The summed E-state index contributed by atoms with van der Waals surface area (Å²) in [6.45, 7) is 2.86. The Bertz CT molecular complexity index is 1690. The Balaban J connectivity index is 1.52. The van der Waals surface area contributed by atoms with Gasteiger partial charge in [0.05, 0.1) is 39.6 Å². The van der Waals surface area contributed by atoms with E-state index < -0.39 is 0 Å². The second-order valence-corrected chi connectivity index (χ2v) is 10.4. The molecule has 1 aliphatic carbocycles. The summed E-state index contributed by atoms with van der Waals surface area (Å²) in [5.74, 6) is 1.46. The Kier molecular flexibility index (Phi) is 6.62. The van der Waals surface area contributed by atoms with Gasteiger partial charge >= 0.3 is 0 Å². The summed E-state index contributed by atoms with van der Waals surface area (Å²) in [4.78, 5) is 31.8.